The van der Waals surface area contributed by atoms with Crippen molar-refractivity contribution in [2.75, 3.05) is 96.2 Å². The lowest BCUT2D eigenvalue weighted by Crippen LogP contribution is -2.31. The molecule has 0 saturated carbocycles. The van der Waals surface area contributed by atoms with Gasteiger partial charge in [-0.3, -0.25) is 0 Å². The molecule has 0 spiro atoms. The Morgan fingerprint density at radius 1 is 0.647 bits per heavy atom. The summed E-state index contributed by atoms with van der Waals surface area (Å²) in [5.74, 6) is 0. The molecule has 0 saturated heterocycles. The minimum atomic E-state index is 0.615. The molecule has 7 nitrogen and oxygen atoms in total. The van der Waals surface area contributed by atoms with Gasteiger partial charge < -0.3 is 34.1 Å². The largest absolute Gasteiger partial charge is 0.383 e. The van der Waals surface area contributed by atoms with Crippen molar-refractivity contribution in [3.8, 4) is 0 Å². The maximum Gasteiger partial charge on any atom is 0.0717 e. The molecule has 34 heavy (non-hydrogen) atoms. The molecular formula is C24H33Cl2N3O4S. The number of anilines is 4. The first kappa shape index (κ1) is 27.2. The summed E-state index contributed by atoms with van der Waals surface area (Å²) in [4.78, 5) is 6.53. The van der Waals surface area contributed by atoms with Crippen molar-refractivity contribution in [3.63, 3.8) is 0 Å². The minimum absolute atomic E-state index is 0.615. The van der Waals surface area contributed by atoms with Crippen LogP contribution in [0.2, 0.25) is 10.0 Å². The number of nitrogens with one attached hydrogen (secondary N) is 1. The number of hydrogen-bond donors (Lipinski definition) is 1. The van der Waals surface area contributed by atoms with E-state index < -0.39 is 0 Å². The van der Waals surface area contributed by atoms with Crippen LogP contribution in [0.1, 0.15) is 0 Å². The second-order valence-electron chi connectivity index (χ2n) is 7.77. The highest BCUT2D eigenvalue weighted by Gasteiger charge is 2.24. The molecular weight excluding hydrogens is 497 g/mol. The predicted molar refractivity (Wildman–Crippen MR) is 142 cm³/mol. The van der Waals surface area contributed by atoms with E-state index in [1.807, 2.05) is 12.1 Å². The lowest BCUT2D eigenvalue weighted by Gasteiger charge is -2.30. The summed E-state index contributed by atoms with van der Waals surface area (Å²) in [7, 11) is 6.81. The summed E-state index contributed by atoms with van der Waals surface area (Å²) >= 11 is 15.1. The zero-order valence-electron chi connectivity index (χ0n) is 20.2. The van der Waals surface area contributed by atoms with Crippen LogP contribution in [0.3, 0.4) is 0 Å². The fourth-order valence-electron chi connectivity index (χ4n) is 3.69. The SMILES string of the molecule is COCCN(CCOC)c1cc(Cl)c2c(c1)Sc1cc(N(CCOC)CCOC)cc(Cl)c1N2. The van der Waals surface area contributed by atoms with E-state index in [0.29, 0.717) is 36.5 Å². The van der Waals surface area contributed by atoms with Gasteiger partial charge in [-0.1, -0.05) is 35.0 Å². The number of ether oxygens (including phenoxy) is 4. The number of methoxy groups -OCH3 is 4. The first-order chi connectivity index (χ1) is 16.5. The Balaban J connectivity index is 1.92. The fraction of sp³-hybridized carbons (Fsp3) is 0.500. The number of rotatable bonds is 14. The van der Waals surface area contributed by atoms with E-state index in [1.165, 1.54) is 0 Å². The van der Waals surface area contributed by atoms with Gasteiger partial charge in [0.25, 0.3) is 0 Å². The van der Waals surface area contributed by atoms with Crippen LogP contribution >= 0.6 is 35.0 Å². The number of nitrogens with zero attached hydrogens (tertiary/aromatic N) is 2. The van der Waals surface area contributed by atoms with Crippen LogP contribution in [-0.4, -0.2) is 81.0 Å². The fourth-order valence-corrected chi connectivity index (χ4v) is 5.45. The maximum absolute atomic E-state index is 6.73. The van der Waals surface area contributed by atoms with E-state index in [9.17, 15) is 0 Å². The van der Waals surface area contributed by atoms with Gasteiger partial charge in [0.1, 0.15) is 0 Å². The molecule has 0 aliphatic carbocycles. The molecule has 188 valence electrons. The molecule has 0 aromatic heterocycles. The molecule has 0 atom stereocenters. The molecule has 0 bridgehead atoms. The van der Waals surface area contributed by atoms with Gasteiger partial charge in [0.05, 0.1) is 47.8 Å². The normalized spacial score (nSPS) is 12.2. The third-order valence-corrected chi connectivity index (χ3v) is 7.22. The van der Waals surface area contributed by atoms with E-state index in [-0.39, 0.29) is 0 Å². The van der Waals surface area contributed by atoms with Crippen molar-refractivity contribution >= 4 is 57.7 Å². The average Bonchev–Trinajstić information content (AvgIpc) is 2.83. The summed E-state index contributed by atoms with van der Waals surface area (Å²) < 4.78 is 21.2. The number of fused-ring (bicyclic) bond motifs is 2. The Kier molecular flexibility index (Phi) is 10.9. The average molecular weight is 531 g/mol. The number of halogens is 2. The zero-order valence-corrected chi connectivity index (χ0v) is 22.5. The first-order valence-electron chi connectivity index (χ1n) is 11.1. The van der Waals surface area contributed by atoms with Crippen molar-refractivity contribution < 1.29 is 18.9 Å². The van der Waals surface area contributed by atoms with Crippen LogP contribution in [-0.2, 0) is 18.9 Å². The van der Waals surface area contributed by atoms with Crippen LogP contribution < -0.4 is 15.1 Å². The molecule has 0 unspecified atom stereocenters. The molecule has 0 amide bonds. The van der Waals surface area contributed by atoms with Gasteiger partial charge in [-0.15, -0.1) is 0 Å². The minimum Gasteiger partial charge on any atom is -0.383 e. The van der Waals surface area contributed by atoms with E-state index in [0.717, 1.165) is 58.7 Å². The second kappa shape index (κ2) is 13.6. The Hall–Kier alpha value is -1.39. The van der Waals surface area contributed by atoms with E-state index in [2.05, 4.69) is 27.2 Å². The standard InChI is InChI=1S/C24H33Cl2N3O4S/c1-30-9-5-28(6-10-31-2)17-13-19(25)23-21(15-17)34-22-16-18(14-20(26)24(22)27-23)29(7-11-32-3)8-12-33-4/h13-16,27H,5-12H2,1-4H3. The van der Waals surface area contributed by atoms with Gasteiger partial charge in [-0.2, -0.15) is 0 Å². The Morgan fingerprint density at radius 2 is 1.00 bits per heavy atom. The third-order valence-electron chi connectivity index (χ3n) is 5.54. The maximum atomic E-state index is 6.73. The highest BCUT2D eigenvalue weighted by Crippen LogP contribution is 2.51. The summed E-state index contributed by atoms with van der Waals surface area (Å²) in [5, 5.41) is 4.75. The van der Waals surface area contributed by atoms with Crippen LogP contribution in [0.5, 0.6) is 0 Å². The lowest BCUT2D eigenvalue weighted by molar-refractivity contribution is 0.190. The van der Waals surface area contributed by atoms with Gasteiger partial charge in [0.15, 0.2) is 0 Å². The Bertz CT molecular complexity index is 861. The van der Waals surface area contributed by atoms with Crippen molar-refractivity contribution in [2.24, 2.45) is 0 Å². The summed E-state index contributed by atoms with van der Waals surface area (Å²) in [5.41, 5.74) is 3.79. The van der Waals surface area contributed by atoms with E-state index in [1.54, 1.807) is 40.2 Å². The second-order valence-corrected chi connectivity index (χ2v) is 9.67. The molecule has 0 radical (unpaired) electrons. The molecule has 0 fully saturated rings. The van der Waals surface area contributed by atoms with Crippen LogP contribution in [0, 0.1) is 0 Å². The third kappa shape index (κ3) is 6.85. The summed E-state index contributed by atoms with van der Waals surface area (Å²) in [6, 6.07) is 8.26. The van der Waals surface area contributed by atoms with E-state index >= 15 is 0 Å². The lowest BCUT2D eigenvalue weighted by atomic mass is 10.2. The molecule has 1 aliphatic rings. The van der Waals surface area contributed by atoms with Gasteiger partial charge in [-0.05, 0) is 24.3 Å². The predicted octanol–water partition coefficient (Wildman–Crippen LogP) is 5.40. The number of hydrogen-bond acceptors (Lipinski definition) is 8. The van der Waals surface area contributed by atoms with Crippen molar-refractivity contribution in [3.05, 3.63) is 34.3 Å². The van der Waals surface area contributed by atoms with Crippen molar-refractivity contribution in [2.45, 2.75) is 9.79 Å². The van der Waals surface area contributed by atoms with Gasteiger partial charge in [0, 0.05) is 75.8 Å². The van der Waals surface area contributed by atoms with Crippen molar-refractivity contribution in [1.82, 2.24) is 0 Å². The molecule has 3 rings (SSSR count). The van der Waals surface area contributed by atoms with Crippen LogP contribution in [0.25, 0.3) is 0 Å². The molecule has 2 aromatic carbocycles. The summed E-state index contributed by atoms with van der Waals surface area (Å²) in [6.45, 7) is 5.44. The molecule has 1 aliphatic heterocycles. The molecule has 10 heteroatoms. The molecule has 2 aromatic rings. The van der Waals surface area contributed by atoms with Crippen LogP contribution in [0.4, 0.5) is 22.7 Å². The molecule has 1 N–H and O–H groups in total. The Morgan fingerprint density at radius 3 is 1.32 bits per heavy atom. The first-order valence-corrected chi connectivity index (χ1v) is 12.7. The van der Waals surface area contributed by atoms with Gasteiger partial charge in [0.2, 0.25) is 0 Å². The highest BCUT2D eigenvalue weighted by atomic mass is 35.5. The Labute approximate surface area is 216 Å². The van der Waals surface area contributed by atoms with Gasteiger partial charge in [-0.25, -0.2) is 0 Å². The topological polar surface area (TPSA) is 55.4 Å². The zero-order chi connectivity index (χ0) is 24.5. The van der Waals surface area contributed by atoms with Crippen molar-refractivity contribution in [1.29, 1.82) is 0 Å². The smallest absolute Gasteiger partial charge is 0.0717 e. The monoisotopic (exact) mass is 529 g/mol. The molecule has 1 heterocycles. The quantitative estimate of drug-likeness (QED) is 0.298. The van der Waals surface area contributed by atoms with E-state index in [4.69, 9.17) is 42.1 Å². The van der Waals surface area contributed by atoms with Gasteiger partial charge >= 0.3 is 0 Å². The number of benzene rings is 2. The summed E-state index contributed by atoms with van der Waals surface area (Å²) in [6.07, 6.45) is 0. The highest BCUT2D eigenvalue weighted by molar-refractivity contribution is 7.99. The van der Waals surface area contributed by atoms with Crippen LogP contribution in [0.15, 0.2) is 34.1 Å².